The standard InChI is InChI=1S/C15H28N2O3/c1-4-11(2)13(14(18)19)16-15(20)17(3)10-12-8-6-5-7-9-12/h11-13H,4-10H2,1-3H3,(H,16,20)(H,18,19). The first-order valence-electron chi connectivity index (χ1n) is 7.70. The van der Waals surface area contributed by atoms with Gasteiger partial charge in [0.2, 0.25) is 0 Å². The molecule has 0 heterocycles. The van der Waals surface area contributed by atoms with Crippen molar-refractivity contribution in [3.8, 4) is 0 Å². The van der Waals surface area contributed by atoms with Gasteiger partial charge < -0.3 is 15.3 Å². The summed E-state index contributed by atoms with van der Waals surface area (Å²) in [6, 6.07) is -1.08. The van der Waals surface area contributed by atoms with Gasteiger partial charge in [0.05, 0.1) is 0 Å². The molecule has 116 valence electrons. The van der Waals surface area contributed by atoms with Crippen molar-refractivity contribution in [1.29, 1.82) is 0 Å². The number of amides is 2. The molecule has 2 atom stereocenters. The summed E-state index contributed by atoms with van der Waals surface area (Å²) in [5.41, 5.74) is 0. The fraction of sp³-hybridized carbons (Fsp3) is 0.867. The molecule has 2 amide bonds. The van der Waals surface area contributed by atoms with E-state index in [0.717, 1.165) is 13.0 Å². The Bertz CT molecular complexity index is 327. The van der Waals surface area contributed by atoms with Crippen molar-refractivity contribution in [2.45, 2.75) is 58.4 Å². The van der Waals surface area contributed by atoms with Crippen LogP contribution in [0.25, 0.3) is 0 Å². The molecule has 1 aliphatic rings. The molecule has 2 unspecified atom stereocenters. The molecule has 5 nitrogen and oxygen atoms in total. The third kappa shape index (κ3) is 5.02. The van der Waals surface area contributed by atoms with Gasteiger partial charge in [-0.2, -0.15) is 0 Å². The van der Waals surface area contributed by atoms with E-state index in [9.17, 15) is 14.7 Å². The maximum Gasteiger partial charge on any atom is 0.326 e. The summed E-state index contributed by atoms with van der Waals surface area (Å²) >= 11 is 0. The molecule has 0 saturated heterocycles. The van der Waals surface area contributed by atoms with Crippen LogP contribution in [0.2, 0.25) is 0 Å². The van der Waals surface area contributed by atoms with Crippen molar-refractivity contribution in [1.82, 2.24) is 10.2 Å². The molecule has 1 rings (SSSR count). The lowest BCUT2D eigenvalue weighted by atomic mass is 9.89. The van der Waals surface area contributed by atoms with Crippen LogP contribution in [0, 0.1) is 11.8 Å². The average Bonchev–Trinajstić information content (AvgIpc) is 2.44. The lowest BCUT2D eigenvalue weighted by Crippen LogP contribution is -2.50. The molecule has 1 saturated carbocycles. The van der Waals surface area contributed by atoms with Gasteiger partial charge in [-0.15, -0.1) is 0 Å². The Morgan fingerprint density at radius 1 is 1.30 bits per heavy atom. The zero-order valence-corrected chi connectivity index (χ0v) is 12.9. The topological polar surface area (TPSA) is 69.6 Å². The van der Waals surface area contributed by atoms with Gasteiger partial charge in [-0.25, -0.2) is 9.59 Å². The molecule has 20 heavy (non-hydrogen) atoms. The largest absolute Gasteiger partial charge is 0.480 e. The Kier molecular flexibility index (Phi) is 6.82. The zero-order valence-electron chi connectivity index (χ0n) is 12.9. The summed E-state index contributed by atoms with van der Waals surface area (Å²) in [6.07, 6.45) is 6.84. The number of nitrogens with zero attached hydrogens (tertiary/aromatic N) is 1. The number of nitrogens with one attached hydrogen (secondary N) is 1. The molecule has 0 spiro atoms. The number of carboxylic acid groups (broad SMARTS) is 1. The molecule has 5 heteroatoms. The van der Waals surface area contributed by atoms with Crippen LogP contribution in [0.1, 0.15) is 52.4 Å². The van der Waals surface area contributed by atoms with Gasteiger partial charge in [0, 0.05) is 13.6 Å². The number of hydrogen-bond donors (Lipinski definition) is 2. The number of carboxylic acids is 1. The van der Waals surface area contributed by atoms with Crippen LogP contribution >= 0.6 is 0 Å². The second-order valence-corrected chi connectivity index (χ2v) is 6.04. The maximum absolute atomic E-state index is 12.1. The normalized spacial score (nSPS) is 19.1. The summed E-state index contributed by atoms with van der Waals surface area (Å²) in [6.45, 7) is 4.50. The highest BCUT2D eigenvalue weighted by molar-refractivity contribution is 5.82. The number of rotatable bonds is 6. The molecule has 0 aromatic carbocycles. The summed E-state index contributed by atoms with van der Waals surface area (Å²) < 4.78 is 0. The van der Waals surface area contributed by atoms with Crippen LogP contribution in [0.5, 0.6) is 0 Å². The summed E-state index contributed by atoms with van der Waals surface area (Å²) in [5.74, 6) is -0.468. The molecule has 0 radical (unpaired) electrons. The van der Waals surface area contributed by atoms with Crippen molar-refractivity contribution < 1.29 is 14.7 Å². The molecule has 0 aromatic heterocycles. The first-order valence-corrected chi connectivity index (χ1v) is 7.70. The molecule has 1 aliphatic carbocycles. The van der Waals surface area contributed by atoms with E-state index in [1.54, 1.807) is 11.9 Å². The quantitative estimate of drug-likeness (QED) is 0.788. The monoisotopic (exact) mass is 284 g/mol. The minimum atomic E-state index is -0.959. The lowest BCUT2D eigenvalue weighted by molar-refractivity contribution is -0.140. The van der Waals surface area contributed by atoms with Gasteiger partial charge in [0.15, 0.2) is 0 Å². The minimum Gasteiger partial charge on any atom is -0.480 e. The first kappa shape index (κ1) is 16.8. The van der Waals surface area contributed by atoms with Crippen molar-refractivity contribution in [3.63, 3.8) is 0 Å². The minimum absolute atomic E-state index is 0.0699. The van der Waals surface area contributed by atoms with E-state index in [1.807, 2.05) is 13.8 Å². The van der Waals surface area contributed by atoms with Crippen LogP contribution in [0.15, 0.2) is 0 Å². The summed E-state index contributed by atoms with van der Waals surface area (Å²) in [5, 5.41) is 11.8. The van der Waals surface area contributed by atoms with E-state index in [2.05, 4.69) is 5.32 Å². The molecular formula is C15H28N2O3. The van der Waals surface area contributed by atoms with Gasteiger partial charge in [0.25, 0.3) is 0 Å². The van der Waals surface area contributed by atoms with Gasteiger partial charge >= 0.3 is 12.0 Å². The second kappa shape index (κ2) is 8.12. The number of carbonyl (C=O) groups is 2. The average molecular weight is 284 g/mol. The van der Waals surface area contributed by atoms with Gasteiger partial charge in [-0.1, -0.05) is 39.5 Å². The molecule has 0 aliphatic heterocycles. The maximum atomic E-state index is 12.1. The fourth-order valence-electron chi connectivity index (χ4n) is 2.77. The van der Waals surface area contributed by atoms with Gasteiger partial charge in [-0.05, 0) is 24.7 Å². The van der Waals surface area contributed by atoms with Crippen molar-refractivity contribution in [2.24, 2.45) is 11.8 Å². The smallest absolute Gasteiger partial charge is 0.326 e. The van der Waals surface area contributed by atoms with Crippen LogP contribution in [-0.2, 0) is 4.79 Å². The third-order valence-electron chi connectivity index (χ3n) is 4.36. The van der Waals surface area contributed by atoms with Gasteiger partial charge in [-0.3, -0.25) is 0 Å². The van der Waals surface area contributed by atoms with Crippen molar-refractivity contribution >= 4 is 12.0 Å². The van der Waals surface area contributed by atoms with Crippen molar-refractivity contribution in [3.05, 3.63) is 0 Å². The molecular weight excluding hydrogens is 256 g/mol. The Labute approximate surface area is 121 Å². The summed E-state index contributed by atoms with van der Waals surface area (Å²) in [4.78, 5) is 25.0. The van der Waals surface area contributed by atoms with Crippen LogP contribution in [-0.4, -0.2) is 41.6 Å². The highest BCUT2D eigenvalue weighted by atomic mass is 16.4. The van der Waals surface area contributed by atoms with Crippen molar-refractivity contribution in [2.75, 3.05) is 13.6 Å². The highest BCUT2D eigenvalue weighted by Crippen LogP contribution is 2.24. The Morgan fingerprint density at radius 3 is 2.40 bits per heavy atom. The highest BCUT2D eigenvalue weighted by Gasteiger charge is 2.27. The third-order valence-corrected chi connectivity index (χ3v) is 4.36. The van der Waals surface area contributed by atoms with E-state index in [1.165, 1.54) is 32.1 Å². The number of aliphatic carboxylic acids is 1. The Morgan fingerprint density at radius 2 is 1.90 bits per heavy atom. The fourth-order valence-corrected chi connectivity index (χ4v) is 2.77. The molecule has 0 aromatic rings. The number of carbonyl (C=O) groups excluding carboxylic acids is 1. The zero-order chi connectivity index (χ0) is 15.1. The number of urea groups is 1. The SMILES string of the molecule is CCC(C)C(NC(=O)N(C)CC1CCCCC1)C(=O)O. The second-order valence-electron chi connectivity index (χ2n) is 6.04. The predicted octanol–water partition coefficient (Wildman–Crippen LogP) is 2.71. The van der Waals surface area contributed by atoms with Crippen LogP contribution < -0.4 is 5.32 Å². The van der Waals surface area contributed by atoms with E-state index in [-0.39, 0.29) is 11.9 Å². The van der Waals surface area contributed by atoms with E-state index in [4.69, 9.17) is 0 Å². The summed E-state index contributed by atoms with van der Waals surface area (Å²) in [7, 11) is 1.75. The van der Waals surface area contributed by atoms with E-state index < -0.39 is 12.0 Å². The van der Waals surface area contributed by atoms with Crippen LogP contribution in [0.4, 0.5) is 4.79 Å². The molecule has 2 N–H and O–H groups in total. The van der Waals surface area contributed by atoms with Gasteiger partial charge in [0.1, 0.15) is 6.04 Å². The predicted molar refractivity (Wildman–Crippen MR) is 78.6 cm³/mol. The number of hydrogen-bond acceptors (Lipinski definition) is 2. The molecule has 0 bridgehead atoms. The Hall–Kier alpha value is -1.26. The first-order chi connectivity index (χ1) is 9.45. The molecule has 1 fully saturated rings. The Balaban J connectivity index is 2.48. The van der Waals surface area contributed by atoms with E-state index >= 15 is 0 Å². The van der Waals surface area contributed by atoms with E-state index in [0.29, 0.717) is 5.92 Å². The van der Waals surface area contributed by atoms with Crippen LogP contribution in [0.3, 0.4) is 0 Å². The lowest BCUT2D eigenvalue weighted by Gasteiger charge is -2.29.